The molecule has 0 spiro atoms. The SMILES string of the molecule is CC(C)C[C@H](NC(=O)OC[C@H]1CCCCN1C(=O)/C(C#N)=C/C(C)(C)N1CCC(F)(F)C1)B(O)O. The summed E-state index contributed by atoms with van der Waals surface area (Å²) in [4.78, 5) is 28.5. The van der Waals surface area contributed by atoms with Gasteiger partial charge in [-0.1, -0.05) is 13.8 Å². The van der Waals surface area contributed by atoms with Crippen LogP contribution in [-0.2, 0) is 9.53 Å². The summed E-state index contributed by atoms with van der Waals surface area (Å²) in [7, 11) is -1.74. The van der Waals surface area contributed by atoms with Crippen molar-refractivity contribution in [2.24, 2.45) is 5.92 Å². The lowest BCUT2D eigenvalue weighted by Crippen LogP contribution is -2.50. The van der Waals surface area contributed by atoms with Crippen LogP contribution in [0.2, 0.25) is 0 Å². The summed E-state index contributed by atoms with van der Waals surface area (Å²) in [5.41, 5.74) is -1.05. The Morgan fingerprint density at radius 2 is 2.00 bits per heavy atom. The van der Waals surface area contributed by atoms with Crippen LogP contribution in [0.1, 0.15) is 59.8 Å². The topological polar surface area (TPSA) is 126 Å². The summed E-state index contributed by atoms with van der Waals surface area (Å²) >= 11 is 0. The van der Waals surface area contributed by atoms with Crippen LogP contribution >= 0.6 is 0 Å². The predicted molar refractivity (Wildman–Crippen MR) is 126 cm³/mol. The number of piperidine rings is 1. The minimum absolute atomic E-state index is 0.112. The van der Waals surface area contributed by atoms with E-state index in [2.05, 4.69) is 5.32 Å². The molecule has 0 radical (unpaired) electrons. The van der Waals surface area contributed by atoms with Crippen LogP contribution in [0.3, 0.4) is 0 Å². The summed E-state index contributed by atoms with van der Waals surface area (Å²) in [6.45, 7) is 7.15. The molecule has 0 aromatic rings. The Labute approximate surface area is 206 Å². The van der Waals surface area contributed by atoms with Gasteiger partial charge in [0.25, 0.3) is 11.8 Å². The zero-order valence-corrected chi connectivity index (χ0v) is 21.0. The molecule has 12 heteroatoms. The van der Waals surface area contributed by atoms with Crippen LogP contribution in [0, 0.1) is 17.2 Å². The second-order valence-corrected chi connectivity index (χ2v) is 10.4. The largest absolute Gasteiger partial charge is 0.475 e. The molecule has 2 aliphatic rings. The third-order valence-electron chi connectivity index (χ3n) is 6.52. The molecule has 2 atom stereocenters. The summed E-state index contributed by atoms with van der Waals surface area (Å²) in [5.74, 6) is -4.10. The number of hydrogen-bond donors (Lipinski definition) is 3. The average Bonchev–Trinajstić information content (AvgIpc) is 3.15. The van der Waals surface area contributed by atoms with Crippen LogP contribution < -0.4 is 5.32 Å². The summed E-state index contributed by atoms with van der Waals surface area (Å²) < 4.78 is 32.7. The van der Waals surface area contributed by atoms with E-state index in [1.54, 1.807) is 18.7 Å². The monoisotopic (exact) mass is 498 g/mol. The van der Waals surface area contributed by atoms with Crippen LogP contribution in [-0.4, -0.2) is 88.7 Å². The molecular formula is C23H37BF2N4O5. The highest BCUT2D eigenvalue weighted by atomic mass is 19.3. The standard InChI is InChI=1S/C23H37BF2N4O5/c1-16(2)11-19(24(33)34)28-21(32)35-14-18-7-5-6-9-30(18)20(31)17(13-27)12-22(3,4)29-10-8-23(25,26)15-29/h12,16,18-19,33-34H,5-11,14-15H2,1-4H3,(H,28,32)/b17-12+/t18-,19+/m1/s1. The highest BCUT2D eigenvalue weighted by Crippen LogP contribution is 2.33. The zero-order valence-electron chi connectivity index (χ0n) is 21.0. The first kappa shape index (κ1) is 29.0. The van der Waals surface area contributed by atoms with Gasteiger partial charge in [-0.25, -0.2) is 13.6 Å². The minimum Gasteiger partial charge on any atom is -0.447 e. The molecule has 0 aromatic heterocycles. The summed E-state index contributed by atoms with van der Waals surface area (Å²) in [5, 5.41) is 31.1. The summed E-state index contributed by atoms with van der Waals surface area (Å²) in [6, 6.07) is 1.46. The molecule has 35 heavy (non-hydrogen) atoms. The number of likely N-dealkylation sites (tertiary alicyclic amines) is 2. The van der Waals surface area contributed by atoms with Crippen LogP contribution in [0.5, 0.6) is 0 Å². The smallest absolute Gasteiger partial charge is 0.447 e. The number of carbonyl (C=O) groups is 2. The van der Waals surface area contributed by atoms with Crippen molar-refractivity contribution in [3.63, 3.8) is 0 Å². The Balaban J connectivity index is 2.06. The molecule has 196 valence electrons. The van der Waals surface area contributed by atoms with E-state index in [1.807, 2.05) is 19.9 Å². The van der Waals surface area contributed by atoms with Gasteiger partial charge in [-0.2, -0.15) is 5.26 Å². The fourth-order valence-electron chi connectivity index (χ4n) is 4.54. The molecule has 9 nitrogen and oxygen atoms in total. The molecule has 3 N–H and O–H groups in total. The van der Waals surface area contributed by atoms with Gasteiger partial charge in [0.1, 0.15) is 18.2 Å². The maximum Gasteiger partial charge on any atom is 0.475 e. The molecule has 2 fully saturated rings. The Kier molecular flexibility index (Phi) is 10.1. The number of nitriles is 1. The van der Waals surface area contributed by atoms with Gasteiger partial charge in [0.15, 0.2) is 0 Å². The molecule has 2 amide bonds. The van der Waals surface area contributed by atoms with Gasteiger partial charge < -0.3 is 25.0 Å². The zero-order chi connectivity index (χ0) is 26.4. The van der Waals surface area contributed by atoms with E-state index in [0.717, 1.165) is 12.8 Å². The minimum atomic E-state index is -2.79. The van der Waals surface area contributed by atoms with Crippen molar-refractivity contribution < 1.29 is 33.2 Å². The lowest BCUT2D eigenvalue weighted by molar-refractivity contribution is -0.131. The van der Waals surface area contributed by atoms with Gasteiger partial charge >= 0.3 is 13.2 Å². The number of ether oxygens (including phenoxy) is 1. The predicted octanol–water partition coefficient (Wildman–Crippen LogP) is 2.09. The van der Waals surface area contributed by atoms with Crippen molar-refractivity contribution in [3.05, 3.63) is 11.6 Å². The number of rotatable bonds is 9. The number of nitrogens with one attached hydrogen (secondary N) is 1. The number of halogens is 2. The van der Waals surface area contributed by atoms with Gasteiger partial charge in [0.2, 0.25) is 0 Å². The van der Waals surface area contributed by atoms with Crippen LogP contribution in [0.25, 0.3) is 0 Å². The van der Waals surface area contributed by atoms with E-state index in [0.29, 0.717) is 19.4 Å². The van der Waals surface area contributed by atoms with Crippen LogP contribution in [0.15, 0.2) is 11.6 Å². The fraction of sp³-hybridized carbons (Fsp3) is 0.783. The molecule has 2 rings (SSSR count). The van der Waals surface area contributed by atoms with Gasteiger partial charge in [0, 0.05) is 25.0 Å². The first-order valence-electron chi connectivity index (χ1n) is 12.1. The fourth-order valence-corrected chi connectivity index (χ4v) is 4.54. The maximum atomic E-state index is 13.7. The van der Waals surface area contributed by atoms with Gasteiger partial charge in [-0.05, 0) is 51.5 Å². The normalized spacial score (nSPS) is 22.0. The lowest BCUT2D eigenvalue weighted by atomic mass is 9.75. The molecule has 2 aliphatic heterocycles. The molecular weight excluding hydrogens is 461 g/mol. The quantitative estimate of drug-likeness (QED) is 0.253. The number of nitrogens with zero attached hydrogens (tertiary/aromatic N) is 3. The van der Waals surface area contributed by atoms with E-state index >= 15 is 0 Å². The molecule has 0 aliphatic carbocycles. The van der Waals surface area contributed by atoms with Crippen molar-refractivity contribution in [3.8, 4) is 6.07 Å². The first-order valence-corrected chi connectivity index (χ1v) is 12.1. The molecule has 0 aromatic carbocycles. The van der Waals surface area contributed by atoms with E-state index < -0.39 is 49.1 Å². The van der Waals surface area contributed by atoms with Gasteiger partial charge in [-0.15, -0.1) is 0 Å². The molecule has 0 unspecified atom stereocenters. The Morgan fingerprint density at radius 3 is 2.54 bits per heavy atom. The summed E-state index contributed by atoms with van der Waals surface area (Å²) in [6.07, 6.45) is 2.79. The van der Waals surface area contributed by atoms with Crippen LogP contribution in [0.4, 0.5) is 13.6 Å². The van der Waals surface area contributed by atoms with Crippen molar-refractivity contribution in [2.75, 3.05) is 26.2 Å². The van der Waals surface area contributed by atoms with E-state index in [9.17, 15) is 33.7 Å². The third-order valence-corrected chi connectivity index (χ3v) is 6.52. The van der Waals surface area contributed by atoms with E-state index in [-0.39, 0.29) is 31.1 Å². The Bertz CT molecular complexity index is 831. The first-order chi connectivity index (χ1) is 16.3. The van der Waals surface area contributed by atoms with E-state index in [4.69, 9.17) is 4.74 Å². The Morgan fingerprint density at radius 1 is 1.31 bits per heavy atom. The highest BCUT2D eigenvalue weighted by Gasteiger charge is 2.43. The maximum absolute atomic E-state index is 13.7. The number of carbonyl (C=O) groups excluding carboxylic acids is 2. The van der Waals surface area contributed by atoms with Gasteiger partial charge in [-0.3, -0.25) is 9.69 Å². The number of amides is 2. The van der Waals surface area contributed by atoms with Crippen molar-refractivity contribution in [2.45, 2.75) is 83.2 Å². The third kappa shape index (κ3) is 8.44. The second kappa shape index (κ2) is 12.1. The molecule has 2 saturated heterocycles. The Hall–Kier alpha value is -2.23. The number of hydrogen-bond acceptors (Lipinski definition) is 7. The van der Waals surface area contributed by atoms with Gasteiger partial charge in [0.05, 0.1) is 18.5 Å². The number of alkyl carbamates (subject to hydrolysis) is 1. The number of alkyl halides is 2. The van der Waals surface area contributed by atoms with Crippen molar-refractivity contribution >= 4 is 19.1 Å². The molecule has 0 saturated carbocycles. The van der Waals surface area contributed by atoms with Crippen molar-refractivity contribution in [1.82, 2.24) is 15.1 Å². The second-order valence-electron chi connectivity index (χ2n) is 10.4. The molecule has 0 bridgehead atoms. The average molecular weight is 498 g/mol. The van der Waals surface area contributed by atoms with Crippen molar-refractivity contribution in [1.29, 1.82) is 5.26 Å². The molecule has 2 heterocycles. The lowest BCUT2D eigenvalue weighted by Gasteiger charge is -2.36. The van der Waals surface area contributed by atoms with E-state index in [1.165, 1.54) is 11.0 Å². The highest BCUT2D eigenvalue weighted by molar-refractivity contribution is 6.43.